The van der Waals surface area contributed by atoms with E-state index in [0.717, 1.165) is 90.2 Å². The van der Waals surface area contributed by atoms with Crippen LogP contribution in [0.1, 0.15) is 41.1 Å². The summed E-state index contributed by atoms with van der Waals surface area (Å²) in [7, 11) is 14.3. The number of nitrogens with zero attached hydrogens (tertiary/aromatic N) is 2. The van der Waals surface area contributed by atoms with Crippen LogP contribution in [0.2, 0.25) is 0 Å². The first-order valence-electron chi connectivity index (χ1n) is 18.8. The van der Waals surface area contributed by atoms with Gasteiger partial charge in [0.15, 0.2) is 23.0 Å². The molecule has 298 valence electrons. The van der Waals surface area contributed by atoms with Gasteiger partial charge in [0.2, 0.25) is 5.75 Å². The fourth-order valence-electron chi connectivity index (χ4n) is 8.19. The van der Waals surface area contributed by atoms with Crippen molar-refractivity contribution in [3.05, 3.63) is 82.9 Å². The minimum Gasteiger partial charge on any atom is -0.497 e. The number of esters is 2. The minimum absolute atomic E-state index is 0.147. The number of quaternary nitrogens is 2. The Hall–Kier alpha value is -4.94. The van der Waals surface area contributed by atoms with Crippen LogP contribution >= 0.6 is 0 Å². The Labute approximate surface area is 325 Å². The Morgan fingerprint density at radius 3 is 1.98 bits per heavy atom. The average Bonchev–Trinajstić information content (AvgIpc) is 3.58. The second-order valence-corrected chi connectivity index (χ2v) is 15.0. The zero-order chi connectivity index (χ0) is 39.6. The van der Waals surface area contributed by atoms with E-state index in [4.69, 9.17) is 37.9 Å². The van der Waals surface area contributed by atoms with Gasteiger partial charge in [0, 0.05) is 54.9 Å². The molecular weight excluding hydrogens is 704 g/mol. The first-order valence-corrected chi connectivity index (χ1v) is 18.8. The lowest BCUT2D eigenvalue weighted by Gasteiger charge is -2.46. The highest BCUT2D eigenvalue weighted by molar-refractivity contribution is 5.91. The Bertz CT molecular complexity index is 1790. The highest BCUT2D eigenvalue weighted by Crippen LogP contribution is 2.43. The van der Waals surface area contributed by atoms with E-state index in [1.54, 1.807) is 42.7 Å². The molecule has 1 fully saturated rings. The number of carbonyl (C=O) groups excluding carboxylic acids is 2. The zero-order valence-corrected chi connectivity index (χ0v) is 33.7. The molecule has 2 aliphatic rings. The second-order valence-electron chi connectivity index (χ2n) is 15.0. The van der Waals surface area contributed by atoms with Gasteiger partial charge in [-0.3, -0.25) is 0 Å². The van der Waals surface area contributed by atoms with Crippen LogP contribution in [0.5, 0.6) is 34.5 Å². The molecule has 12 nitrogen and oxygen atoms in total. The van der Waals surface area contributed by atoms with E-state index in [9.17, 15) is 9.59 Å². The van der Waals surface area contributed by atoms with E-state index in [1.807, 2.05) is 24.3 Å². The summed E-state index contributed by atoms with van der Waals surface area (Å²) in [5, 5.41) is 0. The number of likely N-dealkylation sites (N-methyl/N-ethyl adjacent to an activating group) is 1. The maximum atomic E-state index is 12.6. The zero-order valence-electron chi connectivity index (χ0n) is 33.7. The molecule has 0 radical (unpaired) electrons. The van der Waals surface area contributed by atoms with E-state index >= 15 is 0 Å². The van der Waals surface area contributed by atoms with Gasteiger partial charge in [0.1, 0.15) is 24.9 Å². The molecule has 4 atom stereocenters. The van der Waals surface area contributed by atoms with Crippen LogP contribution in [-0.2, 0) is 38.4 Å². The summed E-state index contributed by atoms with van der Waals surface area (Å²) < 4.78 is 45.9. The molecule has 2 heterocycles. The number of ether oxygens (including phenoxy) is 8. The topological polar surface area (TPSA) is 108 Å². The van der Waals surface area contributed by atoms with Gasteiger partial charge in [-0.05, 0) is 47.5 Å². The summed E-state index contributed by atoms with van der Waals surface area (Å²) >= 11 is 0. The van der Waals surface area contributed by atoms with Crippen molar-refractivity contribution < 1.29 is 56.5 Å². The lowest BCUT2D eigenvalue weighted by atomic mass is 9.86. The van der Waals surface area contributed by atoms with Crippen LogP contribution in [0.25, 0.3) is 0 Å². The molecule has 3 aromatic rings. The maximum absolute atomic E-state index is 12.6. The molecule has 0 amide bonds. The molecule has 0 saturated carbocycles. The molecule has 5 rings (SSSR count). The smallest absolute Gasteiger partial charge is 0.331 e. The van der Waals surface area contributed by atoms with Gasteiger partial charge in [-0.1, -0.05) is 12.1 Å². The molecule has 1 saturated heterocycles. The third-order valence-electron chi connectivity index (χ3n) is 11.2. The normalized spacial score (nSPS) is 21.7. The molecule has 3 aromatic carbocycles. The van der Waals surface area contributed by atoms with Gasteiger partial charge < -0.3 is 46.9 Å². The number of hydrogen-bond donors (Lipinski definition) is 0. The molecule has 0 spiro atoms. The van der Waals surface area contributed by atoms with Crippen LogP contribution in [0.3, 0.4) is 0 Å². The quantitative estimate of drug-likeness (QED) is 0.0691. The number of rotatable bonds is 18. The minimum atomic E-state index is -0.564. The van der Waals surface area contributed by atoms with E-state index in [0.29, 0.717) is 29.4 Å². The van der Waals surface area contributed by atoms with Crippen LogP contribution < -0.4 is 28.4 Å². The number of hydrogen-bond acceptors (Lipinski definition) is 10. The summed E-state index contributed by atoms with van der Waals surface area (Å²) in [6.07, 6.45) is 5.61. The molecular formula is C43H58N2O10+2. The number of fused-ring (bicyclic) bond motifs is 1. The first-order chi connectivity index (χ1) is 26.5. The Kier molecular flexibility index (Phi) is 13.9. The van der Waals surface area contributed by atoms with Crippen molar-refractivity contribution >= 4 is 11.9 Å². The van der Waals surface area contributed by atoms with Crippen LogP contribution in [0.4, 0.5) is 0 Å². The molecule has 4 unspecified atom stereocenters. The number of methoxy groups -OCH3 is 6. The second kappa shape index (κ2) is 18.6. The Balaban J connectivity index is 1.10. The van der Waals surface area contributed by atoms with Gasteiger partial charge in [-0.2, -0.15) is 0 Å². The van der Waals surface area contributed by atoms with Crippen molar-refractivity contribution in [1.29, 1.82) is 0 Å². The monoisotopic (exact) mass is 762 g/mol. The molecule has 2 aliphatic heterocycles. The summed E-state index contributed by atoms with van der Waals surface area (Å²) in [4.78, 5) is 25.2. The van der Waals surface area contributed by atoms with Gasteiger partial charge in [0.25, 0.3) is 0 Å². The van der Waals surface area contributed by atoms with Gasteiger partial charge >= 0.3 is 11.9 Å². The molecule has 0 N–H and O–H groups in total. The first kappa shape index (κ1) is 41.2. The fraction of sp³-hybridized carbons (Fsp3) is 0.488. The van der Waals surface area contributed by atoms with Crippen LogP contribution in [-0.4, -0.2) is 117 Å². The van der Waals surface area contributed by atoms with Crippen molar-refractivity contribution in [2.45, 2.75) is 38.3 Å². The molecule has 0 aliphatic carbocycles. The molecule has 12 heteroatoms. The SMILES string of the molecule is COc1ccc(CC2c3cc(OC)c(OC)cc3CC[N+]2(C)CCCOC(=O)/C=C\C(=O)OCC2CC[N+](C)(Cc3cc(OC)c(OC)c(OC)c3)C2)cc1. The van der Waals surface area contributed by atoms with Gasteiger partial charge in [0.05, 0.1) is 89.5 Å². The lowest BCUT2D eigenvalue weighted by Crippen LogP contribution is -2.52. The van der Waals surface area contributed by atoms with E-state index in [-0.39, 0.29) is 25.2 Å². The fourth-order valence-corrected chi connectivity index (χ4v) is 8.19. The van der Waals surface area contributed by atoms with E-state index < -0.39 is 11.9 Å². The summed E-state index contributed by atoms with van der Waals surface area (Å²) in [5.41, 5.74) is 4.77. The largest absolute Gasteiger partial charge is 0.497 e. The van der Waals surface area contributed by atoms with Crippen molar-refractivity contribution in [2.24, 2.45) is 5.92 Å². The predicted octanol–water partition coefficient (Wildman–Crippen LogP) is 5.72. The van der Waals surface area contributed by atoms with Gasteiger partial charge in [-0.15, -0.1) is 0 Å². The number of likely N-dealkylation sites (tertiary alicyclic amines) is 1. The standard InChI is InChI=1S/C43H58N2O10/c1-44(28-32-23-39(51-6)43(53-8)40(24-32)52-7)19-16-31(27-44)29-55-42(47)15-14-41(46)54-21-9-18-45(2)20-17-33-25-37(49-4)38(50-5)26-35(33)36(45)22-30-10-12-34(48-3)13-11-30/h10-15,23-26,31,36H,9,16-22,27-29H2,1-8H3/q+2/b15-14-. The van der Waals surface area contributed by atoms with Crippen molar-refractivity contribution in [3.8, 4) is 34.5 Å². The predicted molar refractivity (Wildman–Crippen MR) is 208 cm³/mol. The van der Waals surface area contributed by atoms with Crippen LogP contribution in [0, 0.1) is 5.92 Å². The third-order valence-corrected chi connectivity index (χ3v) is 11.2. The number of benzene rings is 3. The van der Waals surface area contributed by atoms with Crippen molar-refractivity contribution in [3.63, 3.8) is 0 Å². The summed E-state index contributed by atoms with van der Waals surface area (Å²) in [6.45, 7) is 4.81. The average molecular weight is 763 g/mol. The molecule has 55 heavy (non-hydrogen) atoms. The highest BCUT2D eigenvalue weighted by Gasteiger charge is 2.40. The van der Waals surface area contributed by atoms with E-state index in [1.165, 1.54) is 16.7 Å². The molecule has 0 bridgehead atoms. The van der Waals surface area contributed by atoms with Crippen molar-refractivity contribution in [2.75, 3.05) is 96.1 Å². The lowest BCUT2D eigenvalue weighted by molar-refractivity contribution is -0.941. The third kappa shape index (κ3) is 10.2. The van der Waals surface area contributed by atoms with Crippen molar-refractivity contribution in [1.82, 2.24) is 0 Å². The summed E-state index contributed by atoms with van der Waals surface area (Å²) in [6, 6.07) is 16.5. The maximum Gasteiger partial charge on any atom is 0.331 e. The van der Waals surface area contributed by atoms with Gasteiger partial charge in [-0.25, -0.2) is 9.59 Å². The molecule has 0 aromatic heterocycles. The van der Waals surface area contributed by atoms with E-state index in [2.05, 4.69) is 38.4 Å². The highest BCUT2D eigenvalue weighted by atomic mass is 16.5. The Morgan fingerprint density at radius 2 is 1.36 bits per heavy atom. The number of carbonyl (C=O) groups is 2. The van der Waals surface area contributed by atoms with Crippen LogP contribution in [0.15, 0.2) is 60.7 Å². The summed E-state index contributed by atoms with van der Waals surface area (Å²) in [5.74, 6) is 3.17. The Morgan fingerprint density at radius 1 is 0.727 bits per heavy atom.